The van der Waals surface area contributed by atoms with E-state index in [1.165, 1.54) is 12.7 Å². The van der Waals surface area contributed by atoms with Crippen LogP contribution in [0.4, 0.5) is 5.82 Å². The molecule has 0 N–H and O–H groups in total. The molecule has 0 atom stereocenters. The maximum atomic E-state index is 12.6. The molecule has 1 aromatic heterocycles. The monoisotopic (exact) mass is 394 g/mol. The maximum absolute atomic E-state index is 12.6. The Bertz CT molecular complexity index is 712. The molecule has 3 rings (SSSR count). The smallest absolute Gasteiger partial charge is 0.224 e. The summed E-state index contributed by atoms with van der Waals surface area (Å²) in [6.45, 7) is 3.10. The first kappa shape index (κ1) is 20.1. The third-order valence-electron chi connectivity index (χ3n) is 5.56. The molecule has 0 aromatic carbocycles. The summed E-state index contributed by atoms with van der Waals surface area (Å²) in [6.07, 6.45) is 8.42. The van der Waals surface area contributed by atoms with Gasteiger partial charge in [-0.2, -0.15) is 4.31 Å². The van der Waals surface area contributed by atoms with E-state index in [1.54, 1.807) is 10.5 Å². The van der Waals surface area contributed by atoms with Crippen LogP contribution in [0.2, 0.25) is 0 Å². The summed E-state index contributed by atoms with van der Waals surface area (Å²) in [5.41, 5.74) is 0. The quantitative estimate of drug-likeness (QED) is 0.734. The first-order valence-electron chi connectivity index (χ1n) is 9.86. The second-order valence-corrected chi connectivity index (χ2v) is 9.41. The van der Waals surface area contributed by atoms with Gasteiger partial charge in [-0.15, -0.1) is 0 Å². The molecule has 150 valence electrons. The van der Waals surface area contributed by atoms with Crippen LogP contribution in [0.5, 0.6) is 0 Å². The van der Waals surface area contributed by atoms with Gasteiger partial charge in [-0.25, -0.2) is 13.4 Å². The summed E-state index contributed by atoms with van der Waals surface area (Å²) in [4.78, 5) is 21.0. The van der Waals surface area contributed by atoms with Crippen LogP contribution >= 0.6 is 0 Å². The Morgan fingerprint density at radius 2 is 1.85 bits per heavy atom. The van der Waals surface area contributed by atoms with E-state index in [0.717, 1.165) is 44.6 Å². The number of pyridine rings is 1. The van der Waals surface area contributed by atoms with Crippen LogP contribution in [0.25, 0.3) is 0 Å². The number of amides is 1. The molecule has 1 aromatic rings. The minimum Gasteiger partial charge on any atom is -0.353 e. The Morgan fingerprint density at radius 3 is 2.44 bits per heavy atom. The zero-order chi connectivity index (χ0) is 19.3. The highest BCUT2D eigenvalue weighted by atomic mass is 32.2. The molecule has 1 saturated heterocycles. The predicted molar refractivity (Wildman–Crippen MR) is 106 cm³/mol. The highest BCUT2D eigenvalue weighted by molar-refractivity contribution is 7.88. The topological polar surface area (TPSA) is 73.8 Å². The molecular formula is C19H30N4O3S. The fourth-order valence-electron chi connectivity index (χ4n) is 4.08. The third-order valence-corrected chi connectivity index (χ3v) is 6.89. The van der Waals surface area contributed by atoms with Crippen LogP contribution in [-0.4, -0.2) is 73.5 Å². The van der Waals surface area contributed by atoms with Crippen LogP contribution in [0, 0.1) is 0 Å². The van der Waals surface area contributed by atoms with E-state index in [2.05, 4.69) is 9.88 Å². The van der Waals surface area contributed by atoms with Crippen LogP contribution in [0.3, 0.4) is 0 Å². The predicted octanol–water partition coefficient (Wildman–Crippen LogP) is 1.71. The Balaban J connectivity index is 1.51. The van der Waals surface area contributed by atoms with Crippen molar-refractivity contribution in [2.75, 3.05) is 43.9 Å². The third kappa shape index (κ3) is 5.42. The Morgan fingerprint density at radius 1 is 1.15 bits per heavy atom. The van der Waals surface area contributed by atoms with Gasteiger partial charge >= 0.3 is 0 Å². The molecule has 2 aliphatic rings. The van der Waals surface area contributed by atoms with E-state index < -0.39 is 10.0 Å². The second kappa shape index (κ2) is 9.01. The first-order valence-corrected chi connectivity index (χ1v) is 11.7. The fourth-order valence-corrected chi connectivity index (χ4v) is 5.25. The maximum Gasteiger partial charge on any atom is 0.224 e. The van der Waals surface area contributed by atoms with E-state index >= 15 is 0 Å². The number of carbonyl (C=O) groups is 1. The number of aromatic nitrogens is 1. The van der Waals surface area contributed by atoms with Crippen molar-refractivity contribution in [3.63, 3.8) is 0 Å². The lowest BCUT2D eigenvalue weighted by Gasteiger charge is -2.36. The van der Waals surface area contributed by atoms with Gasteiger partial charge in [0.2, 0.25) is 15.9 Å². The Hall–Kier alpha value is -1.67. The number of rotatable bonds is 6. The second-order valence-electron chi connectivity index (χ2n) is 7.47. The van der Waals surface area contributed by atoms with Gasteiger partial charge in [-0.3, -0.25) is 4.79 Å². The van der Waals surface area contributed by atoms with Crippen LogP contribution in [0.1, 0.15) is 38.5 Å². The fraction of sp³-hybridized carbons (Fsp3) is 0.684. The van der Waals surface area contributed by atoms with Crippen LogP contribution < -0.4 is 4.90 Å². The zero-order valence-electron chi connectivity index (χ0n) is 16.1. The van der Waals surface area contributed by atoms with Gasteiger partial charge in [-0.1, -0.05) is 25.3 Å². The Kier molecular flexibility index (Phi) is 6.70. The molecule has 1 saturated carbocycles. The van der Waals surface area contributed by atoms with Crippen molar-refractivity contribution >= 4 is 21.7 Å². The van der Waals surface area contributed by atoms with Gasteiger partial charge in [0.25, 0.3) is 0 Å². The molecule has 0 unspecified atom stereocenters. The minimum atomic E-state index is -3.29. The molecule has 0 spiro atoms. The molecule has 2 fully saturated rings. The number of nitrogens with zero attached hydrogens (tertiary/aromatic N) is 4. The van der Waals surface area contributed by atoms with E-state index in [4.69, 9.17) is 0 Å². The standard InChI is InChI=1S/C19H30N4O3S/c1-27(25,26)23(17-7-3-2-4-8-17)12-10-19(24)22-15-13-21(14-16-22)18-9-5-6-11-20-18/h5-6,9,11,17H,2-4,7-8,10,12-16H2,1H3. The number of hydrogen-bond acceptors (Lipinski definition) is 5. The molecule has 8 heteroatoms. The van der Waals surface area contributed by atoms with E-state index in [0.29, 0.717) is 19.6 Å². The highest BCUT2D eigenvalue weighted by Gasteiger charge is 2.29. The van der Waals surface area contributed by atoms with E-state index in [-0.39, 0.29) is 18.4 Å². The number of carbonyl (C=O) groups excluding carboxylic acids is 1. The van der Waals surface area contributed by atoms with Crippen molar-refractivity contribution in [1.29, 1.82) is 0 Å². The van der Waals surface area contributed by atoms with Crippen molar-refractivity contribution in [3.8, 4) is 0 Å². The molecular weight excluding hydrogens is 364 g/mol. The average Bonchev–Trinajstić information content (AvgIpc) is 2.68. The summed E-state index contributed by atoms with van der Waals surface area (Å²) in [7, 11) is -3.29. The minimum absolute atomic E-state index is 0.0418. The molecule has 7 nitrogen and oxygen atoms in total. The number of sulfonamides is 1. The largest absolute Gasteiger partial charge is 0.353 e. The Labute approximate surface area is 162 Å². The molecule has 1 aliphatic carbocycles. The number of piperazine rings is 1. The molecule has 2 heterocycles. The molecule has 27 heavy (non-hydrogen) atoms. The lowest BCUT2D eigenvalue weighted by atomic mass is 9.95. The van der Waals surface area contributed by atoms with Crippen molar-refractivity contribution in [1.82, 2.24) is 14.2 Å². The highest BCUT2D eigenvalue weighted by Crippen LogP contribution is 2.24. The number of hydrogen-bond donors (Lipinski definition) is 0. The summed E-state index contributed by atoms with van der Waals surface area (Å²) in [6, 6.07) is 5.89. The SMILES string of the molecule is CS(=O)(=O)N(CCC(=O)N1CCN(c2ccccn2)CC1)C1CCCCC1. The van der Waals surface area contributed by atoms with Crippen LogP contribution in [0.15, 0.2) is 24.4 Å². The van der Waals surface area contributed by atoms with Crippen LogP contribution in [-0.2, 0) is 14.8 Å². The van der Waals surface area contributed by atoms with Gasteiger partial charge in [0.05, 0.1) is 6.26 Å². The summed E-state index contributed by atoms with van der Waals surface area (Å²) in [5.74, 6) is 0.977. The molecule has 1 aliphatic heterocycles. The van der Waals surface area contributed by atoms with Crippen molar-refractivity contribution < 1.29 is 13.2 Å². The average molecular weight is 395 g/mol. The summed E-state index contributed by atoms with van der Waals surface area (Å²) in [5, 5.41) is 0. The van der Waals surface area contributed by atoms with Gasteiger partial charge in [-0.05, 0) is 25.0 Å². The molecule has 0 radical (unpaired) electrons. The van der Waals surface area contributed by atoms with E-state index in [1.807, 2.05) is 23.1 Å². The van der Waals surface area contributed by atoms with Crippen molar-refractivity contribution in [2.45, 2.75) is 44.6 Å². The normalized spacial score (nSPS) is 19.5. The van der Waals surface area contributed by atoms with Crippen molar-refractivity contribution in [2.24, 2.45) is 0 Å². The lowest BCUT2D eigenvalue weighted by molar-refractivity contribution is -0.131. The van der Waals surface area contributed by atoms with E-state index in [9.17, 15) is 13.2 Å². The summed E-state index contributed by atoms with van der Waals surface area (Å²) < 4.78 is 26.0. The first-order chi connectivity index (χ1) is 12.9. The van der Waals surface area contributed by atoms with Gasteiger partial charge in [0, 0.05) is 51.4 Å². The molecule has 1 amide bonds. The lowest BCUT2D eigenvalue weighted by Crippen LogP contribution is -2.50. The van der Waals surface area contributed by atoms with Gasteiger partial charge in [0.15, 0.2) is 0 Å². The van der Waals surface area contributed by atoms with Gasteiger partial charge < -0.3 is 9.80 Å². The number of anilines is 1. The van der Waals surface area contributed by atoms with Gasteiger partial charge in [0.1, 0.15) is 5.82 Å². The summed E-state index contributed by atoms with van der Waals surface area (Å²) >= 11 is 0. The zero-order valence-corrected chi connectivity index (χ0v) is 16.9. The van der Waals surface area contributed by atoms with Crippen molar-refractivity contribution in [3.05, 3.63) is 24.4 Å². The molecule has 0 bridgehead atoms.